The minimum atomic E-state index is -1.03. The third kappa shape index (κ3) is 3.86. The summed E-state index contributed by atoms with van der Waals surface area (Å²) >= 11 is 0. The minimum Gasteiger partial charge on any atom is -0.494 e. The molecular formula is C27H30N4O6. The van der Waals surface area contributed by atoms with Crippen molar-refractivity contribution < 1.29 is 9.84 Å². The molecule has 0 bridgehead atoms. The number of aromatic amines is 2. The zero-order chi connectivity index (χ0) is 25.7. The smallest absolute Gasteiger partial charge is 0.331 e. The van der Waals surface area contributed by atoms with Crippen LogP contribution in [-0.2, 0) is 0 Å². The van der Waals surface area contributed by atoms with Gasteiger partial charge in [0.15, 0.2) is 0 Å². The molecule has 3 heterocycles. The monoisotopic (exact) mass is 506 g/mol. The van der Waals surface area contributed by atoms with Crippen molar-refractivity contribution in [3.05, 3.63) is 82.6 Å². The predicted octanol–water partition coefficient (Wildman–Crippen LogP) is 3.39. The topological polar surface area (TPSA) is 139 Å². The van der Waals surface area contributed by atoms with Gasteiger partial charge < -0.3 is 9.84 Å². The number of hydrogen-bond donors (Lipinski definition) is 3. The Bertz CT molecular complexity index is 1580. The van der Waals surface area contributed by atoms with Crippen molar-refractivity contribution in [1.82, 2.24) is 19.1 Å². The number of aromatic nitrogens is 4. The van der Waals surface area contributed by atoms with Gasteiger partial charge in [-0.1, -0.05) is 56.7 Å². The molecule has 2 aliphatic carbocycles. The van der Waals surface area contributed by atoms with E-state index in [1.165, 1.54) is 9.13 Å². The Kier molecular flexibility index (Phi) is 5.89. The highest BCUT2D eigenvalue weighted by atomic mass is 16.5. The molecule has 0 radical (unpaired) electrons. The van der Waals surface area contributed by atoms with E-state index in [-0.39, 0.29) is 29.1 Å². The number of benzene rings is 1. The lowest BCUT2D eigenvalue weighted by molar-refractivity contribution is 0.294. The minimum absolute atomic E-state index is 0.0417. The number of para-hydroxylation sites is 1. The van der Waals surface area contributed by atoms with Crippen molar-refractivity contribution in [2.75, 3.05) is 0 Å². The molecule has 6 rings (SSSR count). The highest BCUT2D eigenvalue weighted by Gasteiger charge is 2.39. The Hall–Kier alpha value is -3.82. The number of H-pyrrole nitrogens is 2. The fourth-order valence-corrected chi connectivity index (χ4v) is 6.42. The maximum atomic E-state index is 14.0. The third-order valence-corrected chi connectivity index (χ3v) is 8.19. The molecule has 0 spiro atoms. The van der Waals surface area contributed by atoms with E-state index in [4.69, 9.17) is 4.74 Å². The molecule has 0 amide bonds. The lowest BCUT2D eigenvalue weighted by Crippen LogP contribution is -2.43. The van der Waals surface area contributed by atoms with Gasteiger partial charge in [-0.3, -0.25) is 28.7 Å². The molecule has 2 aromatic heterocycles. The molecule has 37 heavy (non-hydrogen) atoms. The Morgan fingerprint density at radius 2 is 1.35 bits per heavy atom. The molecule has 3 N–H and O–H groups in total. The first-order chi connectivity index (χ1) is 18.0. The quantitative estimate of drug-likeness (QED) is 0.389. The highest BCUT2D eigenvalue weighted by molar-refractivity contribution is 5.57. The maximum absolute atomic E-state index is 14.0. The maximum Gasteiger partial charge on any atom is 0.331 e. The van der Waals surface area contributed by atoms with Crippen LogP contribution in [0.3, 0.4) is 0 Å². The highest BCUT2D eigenvalue weighted by Crippen LogP contribution is 2.46. The summed E-state index contributed by atoms with van der Waals surface area (Å²) in [4.78, 5) is 58.4. The predicted molar refractivity (Wildman–Crippen MR) is 136 cm³/mol. The molecular weight excluding hydrogens is 476 g/mol. The Morgan fingerprint density at radius 3 is 2.03 bits per heavy atom. The Morgan fingerprint density at radius 1 is 0.757 bits per heavy atom. The normalized spacial score (nSPS) is 20.2. The third-order valence-electron chi connectivity index (χ3n) is 8.19. The number of nitrogens with one attached hydrogen (secondary N) is 2. The standard InChI is InChI=1S/C27H30N4O6/c32-22-20(24(33)30(26(35)28-22)15-9-3-1-4-10-15)19-17-13-7-8-14-18(17)37-23-21(19)25(34)31(27(36)29-23)16-11-5-2-6-12-16/h7-8,13-16,19,33H,1-6,9-12H2,(H,29,36)(H,28,32,35)/t19-/m1/s1. The van der Waals surface area contributed by atoms with Crippen LogP contribution in [0.1, 0.15) is 98.9 Å². The molecule has 1 atom stereocenters. The van der Waals surface area contributed by atoms with Gasteiger partial charge in [-0.05, 0) is 31.7 Å². The molecule has 1 aromatic carbocycles. The summed E-state index contributed by atoms with van der Waals surface area (Å²) in [7, 11) is 0. The first-order valence-electron chi connectivity index (χ1n) is 13.2. The SMILES string of the molecule is O=c1[nH]c(=O)n(C2CCCCC2)c(O)c1[C@H]1c2ccccc2Oc2[nH]c(=O)n(C3CCCCC3)c(=O)c21. The van der Waals surface area contributed by atoms with Gasteiger partial charge in [0, 0.05) is 17.6 Å². The van der Waals surface area contributed by atoms with Gasteiger partial charge in [0.2, 0.25) is 11.8 Å². The van der Waals surface area contributed by atoms with E-state index in [1.807, 2.05) is 0 Å². The number of rotatable bonds is 3. The van der Waals surface area contributed by atoms with Crippen molar-refractivity contribution in [3.8, 4) is 17.5 Å². The lowest BCUT2D eigenvalue weighted by atomic mass is 9.84. The summed E-state index contributed by atoms with van der Waals surface area (Å²) in [5.74, 6) is -1.15. The Balaban J connectivity index is 1.62. The zero-order valence-corrected chi connectivity index (χ0v) is 20.5. The number of fused-ring (bicyclic) bond motifs is 2. The second-order valence-corrected chi connectivity index (χ2v) is 10.4. The average Bonchev–Trinajstić information content (AvgIpc) is 2.89. The van der Waals surface area contributed by atoms with Gasteiger partial charge in [-0.25, -0.2) is 9.59 Å². The van der Waals surface area contributed by atoms with Gasteiger partial charge in [0.1, 0.15) is 5.75 Å². The van der Waals surface area contributed by atoms with Crippen LogP contribution in [-0.4, -0.2) is 24.2 Å². The van der Waals surface area contributed by atoms with E-state index in [0.29, 0.717) is 37.0 Å². The van der Waals surface area contributed by atoms with Crippen LogP contribution in [0.2, 0.25) is 0 Å². The number of ether oxygens (including phenoxy) is 1. The van der Waals surface area contributed by atoms with E-state index < -0.39 is 34.3 Å². The van der Waals surface area contributed by atoms with Crippen LogP contribution in [0, 0.1) is 0 Å². The Labute approximate surface area is 211 Å². The molecule has 10 heteroatoms. The van der Waals surface area contributed by atoms with Crippen LogP contribution in [0.25, 0.3) is 0 Å². The summed E-state index contributed by atoms with van der Waals surface area (Å²) in [5, 5.41) is 11.5. The fraction of sp³-hybridized carbons (Fsp3) is 0.481. The summed E-state index contributed by atoms with van der Waals surface area (Å²) < 4.78 is 8.46. The van der Waals surface area contributed by atoms with E-state index in [1.54, 1.807) is 24.3 Å². The molecule has 194 valence electrons. The second-order valence-electron chi connectivity index (χ2n) is 10.4. The molecule has 0 saturated heterocycles. The number of hydrogen-bond acceptors (Lipinski definition) is 6. The number of aromatic hydroxyl groups is 1. The molecule has 3 aliphatic rings. The van der Waals surface area contributed by atoms with Crippen molar-refractivity contribution in [2.24, 2.45) is 0 Å². The van der Waals surface area contributed by atoms with Gasteiger partial charge in [-0.15, -0.1) is 0 Å². The zero-order valence-electron chi connectivity index (χ0n) is 20.5. The molecule has 0 unspecified atom stereocenters. The van der Waals surface area contributed by atoms with Crippen molar-refractivity contribution in [1.29, 1.82) is 0 Å². The fourth-order valence-electron chi connectivity index (χ4n) is 6.42. The summed E-state index contributed by atoms with van der Waals surface area (Å²) in [6, 6.07) is 6.41. The summed E-state index contributed by atoms with van der Waals surface area (Å²) in [6.07, 6.45) is 8.62. The first kappa shape index (κ1) is 23.6. The van der Waals surface area contributed by atoms with Crippen molar-refractivity contribution in [3.63, 3.8) is 0 Å². The van der Waals surface area contributed by atoms with Crippen LogP contribution >= 0.6 is 0 Å². The average molecular weight is 507 g/mol. The van der Waals surface area contributed by atoms with Crippen molar-refractivity contribution >= 4 is 0 Å². The molecule has 2 fully saturated rings. The van der Waals surface area contributed by atoms with Gasteiger partial charge >= 0.3 is 11.4 Å². The second kappa shape index (κ2) is 9.24. The van der Waals surface area contributed by atoms with E-state index >= 15 is 0 Å². The van der Waals surface area contributed by atoms with Gasteiger partial charge in [0.25, 0.3) is 11.1 Å². The van der Waals surface area contributed by atoms with Crippen LogP contribution in [0.5, 0.6) is 17.5 Å². The molecule has 1 aliphatic heterocycles. The van der Waals surface area contributed by atoms with E-state index in [2.05, 4.69) is 9.97 Å². The van der Waals surface area contributed by atoms with Gasteiger partial charge in [0.05, 0.1) is 17.0 Å². The van der Waals surface area contributed by atoms with E-state index in [9.17, 15) is 24.3 Å². The summed E-state index contributed by atoms with van der Waals surface area (Å²) in [6.45, 7) is 0. The summed E-state index contributed by atoms with van der Waals surface area (Å²) in [5.41, 5.74) is -2.04. The van der Waals surface area contributed by atoms with E-state index in [0.717, 1.165) is 38.5 Å². The van der Waals surface area contributed by atoms with Crippen molar-refractivity contribution in [2.45, 2.75) is 82.2 Å². The van der Waals surface area contributed by atoms with Crippen LogP contribution in [0.4, 0.5) is 0 Å². The van der Waals surface area contributed by atoms with Crippen LogP contribution < -0.4 is 27.2 Å². The lowest BCUT2D eigenvalue weighted by Gasteiger charge is -2.31. The molecule has 2 saturated carbocycles. The molecule has 3 aromatic rings. The first-order valence-corrected chi connectivity index (χ1v) is 13.2. The molecule has 10 nitrogen and oxygen atoms in total. The largest absolute Gasteiger partial charge is 0.494 e. The van der Waals surface area contributed by atoms with Crippen LogP contribution in [0.15, 0.2) is 43.4 Å². The van der Waals surface area contributed by atoms with Gasteiger partial charge in [-0.2, -0.15) is 0 Å². The number of nitrogens with zero attached hydrogens (tertiary/aromatic N) is 2.